The van der Waals surface area contributed by atoms with Gasteiger partial charge in [-0.05, 0) is 55.6 Å². The lowest BCUT2D eigenvalue weighted by Crippen LogP contribution is -2.62. The van der Waals surface area contributed by atoms with Crippen molar-refractivity contribution >= 4 is 41.1 Å². The molecule has 1 spiro atoms. The maximum atomic E-state index is 14.1. The van der Waals surface area contributed by atoms with Crippen LogP contribution in [0.5, 0.6) is 0 Å². The van der Waals surface area contributed by atoms with Gasteiger partial charge in [0.05, 0.1) is 16.4 Å². The summed E-state index contributed by atoms with van der Waals surface area (Å²) in [5.74, 6) is 3.04. The molecule has 11 nitrogen and oxygen atoms in total. The van der Waals surface area contributed by atoms with Crippen molar-refractivity contribution in [2.75, 3.05) is 70.0 Å². The van der Waals surface area contributed by atoms with Gasteiger partial charge in [-0.15, -0.1) is 6.42 Å². The monoisotopic (exact) mass is 660 g/mol. The second kappa shape index (κ2) is 12.9. The zero-order chi connectivity index (χ0) is 32.7. The van der Waals surface area contributed by atoms with Crippen molar-refractivity contribution < 1.29 is 23.9 Å². The van der Waals surface area contributed by atoms with Gasteiger partial charge in [-0.1, -0.05) is 35.7 Å². The van der Waals surface area contributed by atoms with Crippen LogP contribution in [0.3, 0.4) is 0 Å². The Kier molecular flexibility index (Phi) is 8.68. The first kappa shape index (κ1) is 31.6. The Balaban J connectivity index is 1.05. The van der Waals surface area contributed by atoms with E-state index >= 15 is 0 Å². The molecule has 2 aromatic rings. The van der Waals surface area contributed by atoms with E-state index in [1.807, 2.05) is 29.2 Å². The molecule has 8 rings (SSSR count). The molecule has 5 saturated heterocycles. The third-order valence-electron chi connectivity index (χ3n) is 10.8. The fourth-order valence-electron chi connectivity index (χ4n) is 8.11. The van der Waals surface area contributed by atoms with Crippen LogP contribution in [0, 0.1) is 18.3 Å². The Bertz CT molecular complexity index is 1590. The second-order valence-electron chi connectivity index (χ2n) is 13.4. The van der Waals surface area contributed by atoms with Gasteiger partial charge >= 0.3 is 12.2 Å². The predicted octanol–water partition coefficient (Wildman–Crippen LogP) is 3.74. The average molecular weight is 661 g/mol. The van der Waals surface area contributed by atoms with Crippen molar-refractivity contribution in [1.29, 1.82) is 0 Å². The molecule has 6 aliphatic heterocycles. The minimum Gasteiger partial charge on any atom is -0.438 e. The Morgan fingerprint density at radius 1 is 1.06 bits per heavy atom. The van der Waals surface area contributed by atoms with Crippen LogP contribution in [0.2, 0.25) is 5.02 Å². The van der Waals surface area contributed by atoms with E-state index in [0.717, 1.165) is 31.1 Å². The Morgan fingerprint density at radius 3 is 2.47 bits per heavy atom. The number of ether oxygens (including phenoxy) is 2. The van der Waals surface area contributed by atoms with Crippen LogP contribution >= 0.6 is 11.6 Å². The van der Waals surface area contributed by atoms with E-state index in [4.69, 9.17) is 33.2 Å². The molecule has 12 heteroatoms. The molecular weight excluding hydrogens is 620 g/mol. The molecule has 3 N–H and O–H groups in total. The van der Waals surface area contributed by atoms with Crippen molar-refractivity contribution in [2.24, 2.45) is 5.92 Å². The number of para-hydroxylation sites is 1. The fourth-order valence-corrected chi connectivity index (χ4v) is 8.35. The van der Waals surface area contributed by atoms with E-state index in [2.05, 4.69) is 21.0 Å². The van der Waals surface area contributed by atoms with Gasteiger partial charge in [0.2, 0.25) is 0 Å². The first-order valence-electron chi connectivity index (χ1n) is 16.6. The number of piperidine rings is 4. The van der Waals surface area contributed by atoms with E-state index in [0.29, 0.717) is 67.6 Å². The molecule has 6 heterocycles. The van der Waals surface area contributed by atoms with E-state index in [1.54, 1.807) is 17.0 Å². The molecular formula is C35H41ClN6O5. The summed E-state index contributed by atoms with van der Waals surface area (Å²) in [6, 6.07) is 11.5. The van der Waals surface area contributed by atoms with Crippen molar-refractivity contribution in [3.05, 3.63) is 58.1 Å². The molecule has 3 amide bonds. The molecule has 47 heavy (non-hydrogen) atoms. The summed E-state index contributed by atoms with van der Waals surface area (Å²) >= 11 is 6.39. The van der Waals surface area contributed by atoms with Gasteiger partial charge in [-0.2, -0.15) is 0 Å². The summed E-state index contributed by atoms with van der Waals surface area (Å²) in [5.41, 5.74) is 8.21. The number of terminal acetylenes is 1. The van der Waals surface area contributed by atoms with Gasteiger partial charge in [-0.25, -0.2) is 9.59 Å². The minimum absolute atomic E-state index is 0.105. The first-order valence-corrected chi connectivity index (χ1v) is 17.0. The van der Waals surface area contributed by atoms with Gasteiger partial charge in [-0.3, -0.25) is 15.0 Å². The molecule has 0 radical (unpaired) electrons. The lowest BCUT2D eigenvalue weighted by molar-refractivity contribution is -0.144. The number of anilines is 2. The molecule has 248 valence electrons. The molecule has 0 saturated carbocycles. The van der Waals surface area contributed by atoms with Gasteiger partial charge in [0.15, 0.2) is 6.10 Å². The van der Waals surface area contributed by atoms with Crippen molar-refractivity contribution in [2.45, 2.75) is 49.9 Å². The maximum absolute atomic E-state index is 14.1. The number of nitrogens with zero attached hydrogens (tertiary/aromatic N) is 4. The summed E-state index contributed by atoms with van der Waals surface area (Å²) in [7, 11) is 0. The number of piperazine rings is 1. The topological polar surface area (TPSA) is 121 Å². The van der Waals surface area contributed by atoms with Gasteiger partial charge in [0.1, 0.15) is 5.60 Å². The number of nitrogens with one attached hydrogen (secondary N) is 1. The van der Waals surface area contributed by atoms with Crippen LogP contribution < -0.4 is 11.1 Å². The number of nitrogen functional groups attached to an aromatic ring is 1. The molecule has 2 atom stereocenters. The predicted molar refractivity (Wildman–Crippen MR) is 178 cm³/mol. The Labute approximate surface area is 280 Å². The normalized spacial score (nSPS) is 25.7. The number of hydrogen-bond donors (Lipinski definition) is 2. The standard InChI is InChI=1S/C35H41ClN6O5/c1-2-24-19-23(20-27(36)31(24)37)21-30(32(43)41-17-15-40(16-18-41)29-22-39-11-7-25(29)8-12-39)46-34(45)42-13-9-35(10-14-42)26-5-3-4-6-28(26)38-33(44)47-35/h1,3-6,19-20,25,29-30H,7-18,21-22,37H2,(H,38,44)/t29?,30-/m1/s1. The van der Waals surface area contributed by atoms with Gasteiger partial charge < -0.3 is 29.9 Å². The van der Waals surface area contributed by atoms with E-state index < -0.39 is 23.9 Å². The van der Waals surface area contributed by atoms with Crippen molar-refractivity contribution in [3.8, 4) is 12.3 Å². The summed E-state index contributed by atoms with van der Waals surface area (Å²) in [6.07, 6.45) is 6.91. The minimum atomic E-state index is -1.08. The van der Waals surface area contributed by atoms with E-state index in [9.17, 15) is 14.4 Å². The lowest BCUT2D eigenvalue weighted by Gasteiger charge is -2.51. The maximum Gasteiger partial charge on any atom is 0.412 e. The number of carbonyl (C=O) groups is 3. The van der Waals surface area contributed by atoms with Gasteiger partial charge in [0, 0.05) is 82.2 Å². The highest BCUT2D eigenvalue weighted by Crippen LogP contribution is 2.43. The molecule has 5 fully saturated rings. The second-order valence-corrected chi connectivity index (χ2v) is 13.8. The quantitative estimate of drug-likeness (QED) is 0.368. The smallest absolute Gasteiger partial charge is 0.412 e. The summed E-state index contributed by atoms with van der Waals surface area (Å²) in [5, 5.41) is 3.05. The number of rotatable bonds is 5. The highest BCUT2D eigenvalue weighted by atomic mass is 35.5. The average Bonchev–Trinajstić information content (AvgIpc) is 3.10. The lowest BCUT2D eigenvalue weighted by atomic mass is 9.82. The van der Waals surface area contributed by atoms with E-state index in [1.165, 1.54) is 25.9 Å². The third-order valence-corrected chi connectivity index (χ3v) is 11.1. The number of likely N-dealkylation sites (tertiary alicyclic amines) is 1. The zero-order valence-electron chi connectivity index (χ0n) is 26.5. The summed E-state index contributed by atoms with van der Waals surface area (Å²) in [4.78, 5) is 48.6. The van der Waals surface area contributed by atoms with Crippen molar-refractivity contribution in [1.82, 2.24) is 19.6 Å². The molecule has 0 aromatic heterocycles. The van der Waals surface area contributed by atoms with Crippen LogP contribution in [0.1, 0.15) is 42.4 Å². The van der Waals surface area contributed by atoms with Crippen LogP contribution in [0.15, 0.2) is 36.4 Å². The molecule has 2 aromatic carbocycles. The van der Waals surface area contributed by atoms with Crippen LogP contribution in [0.25, 0.3) is 0 Å². The summed E-state index contributed by atoms with van der Waals surface area (Å²) < 4.78 is 11.9. The fraction of sp³-hybridized carbons (Fsp3) is 0.514. The largest absolute Gasteiger partial charge is 0.438 e. The number of halogens is 1. The molecule has 1 unspecified atom stereocenters. The summed E-state index contributed by atoms with van der Waals surface area (Å²) in [6.45, 7) is 6.81. The van der Waals surface area contributed by atoms with E-state index in [-0.39, 0.29) is 17.4 Å². The van der Waals surface area contributed by atoms with Crippen LogP contribution in [0.4, 0.5) is 21.0 Å². The van der Waals surface area contributed by atoms with Gasteiger partial charge in [0.25, 0.3) is 5.91 Å². The first-order chi connectivity index (χ1) is 22.7. The SMILES string of the molecule is C#Cc1cc(C[C@@H](OC(=O)N2CCC3(CC2)OC(=O)Nc2ccccc23)C(=O)N2CCN(C3CN4CCC3CC4)CC2)cc(Cl)c1N. The number of nitrogens with two attached hydrogens (primary N) is 1. The molecule has 6 aliphatic rings. The zero-order valence-corrected chi connectivity index (χ0v) is 27.2. The van der Waals surface area contributed by atoms with Crippen LogP contribution in [-0.4, -0.2) is 109 Å². The Morgan fingerprint density at radius 2 is 1.79 bits per heavy atom. The molecule has 0 aliphatic carbocycles. The van der Waals surface area contributed by atoms with Crippen molar-refractivity contribution in [3.63, 3.8) is 0 Å². The number of fused-ring (bicyclic) bond motifs is 5. The third kappa shape index (κ3) is 6.22. The highest BCUT2D eigenvalue weighted by Gasteiger charge is 2.46. The molecule has 2 bridgehead atoms. The Hall–Kier alpha value is -3.98. The van der Waals surface area contributed by atoms with Crippen LogP contribution in [-0.2, 0) is 26.3 Å². The number of benzene rings is 2. The number of amides is 3. The number of hydrogen-bond acceptors (Lipinski definition) is 8. The highest BCUT2D eigenvalue weighted by molar-refractivity contribution is 6.33. The number of carbonyl (C=O) groups excluding carboxylic acids is 3.